The molecule has 14 heavy (non-hydrogen) atoms. The highest BCUT2D eigenvalue weighted by atomic mass is 16.4. The van der Waals surface area contributed by atoms with E-state index in [0.717, 1.165) is 12.8 Å². The predicted molar refractivity (Wildman–Crippen MR) is 54.1 cm³/mol. The number of nitrogens with zero attached hydrogens (tertiary/aromatic N) is 1. The lowest BCUT2D eigenvalue weighted by molar-refractivity contribution is -0.246. The minimum Gasteiger partial charge on any atom is -0.530 e. The topological polar surface area (TPSA) is 43.4 Å². The fourth-order valence-corrected chi connectivity index (χ4v) is 1.25. The van der Waals surface area contributed by atoms with Gasteiger partial charge in [-0.05, 0) is 18.6 Å². The molecule has 1 aromatic rings. The predicted octanol–water partition coefficient (Wildman–Crippen LogP) is 1.64. The maximum Gasteiger partial charge on any atom is 0.141 e. The molecule has 0 spiro atoms. The normalized spacial score (nSPS) is 9.79. The molecule has 3 heteroatoms. The second-order valence-corrected chi connectivity index (χ2v) is 3.11. The molecule has 0 fully saturated rings. The summed E-state index contributed by atoms with van der Waals surface area (Å²) in [5.74, 6) is 0. The van der Waals surface area contributed by atoms with E-state index in [1.807, 2.05) is 25.1 Å². The average Bonchev–Trinajstić information content (AvgIpc) is 2.19. The van der Waals surface area contributed by atoms with Crippen molar-refractivity contribution < 1.29 is 9.90 Å². The van der Waals surface area contributed by atoms with Crippen LogP contribution in [0.1, 0.15) is 19.8 Å². The van der Waals surface area contributed by atoms with Crippen LogP contribution in [0.15, 0.2) is 30.3 Å². The van der Waals surface area contributed by atoms with Gasteiger partial charge in [-0.15, -0.1) is 0 Å². The molecule has 1 aromatic carbocycles. The maximum absolute atomic E-state index is 10.8. The number of benzene rings is 1. The van der Waals surface area contributed by atoms with Crippen molar-refractivity contribution in [3.05, 3.63) is 30.3 Å². The Labute approximate surface area is 84.0 Å². The van der Waals surface area contributed by atoms with Gasteiger partial charge in [0.05, 0.1) is 0 Å². The van der Waals surface area contributed by atoms with Crippen molar-refractivity contribution in [2.45, 2.75) is 19.8 Å². The van der Waals surface area contributed by atoms with Gasteiger partial charge in [0.25, 0.3) is 0 Å². The van der Waals surface area contributed by atoms with Gasteiger partial charge in [-0.2, -0.15) is 0 Å². The van der Waals surface area contributed by atoms with Crippen molar-refractivity contribution in [1.82, 2.24) is 0 Å². The number of carbonyl (C=O) groups excluding carboxylic acids is 1. The Morgan fingerprint density at radius 1 is 1.36 bits per heavy atom. The molecule has 1 rings (SSSR count). The van der Waals surface area contributed by atoms with E-state index in [1.165, 1.54) is 4.90 Å². The smallest absolute Gasteiger partial charge is 0.141 e. The van der Waals surface area contributed by atoms with Gasteiger partial charge in [0.2, 0.25) is 0 Å². The summed E-state index contributed by atoms with van der Waals surface area (Å²) in [6.45, 7) is 2.53. The van der Waals surface area contributed by atoms with E-state index in [2.05, 4.69) is 0 Å². The van der Waals surface area contributed by atoms with Crippen molar-refractivity contribution >= 4 is 11.8 Å². The van der Waals surface area contributed by atoms with Gasteiger partial charge in [0.1, 0.15) is 6.09 Å². The van der Waals surface area contributed by atoms with E-state index in [1.54, 1.807) is 12.1 Å². The highest BCUT2D eigenvalue weighted by Crippen LogP contribution is 2.13. The Hall–Kier alpha value is -1.51. The summed E-state index contributed by atoms with van der Waals surface area (Å²) in [4.78, 5) is 12.1. The molecule has 0 unspecified atom stereocenters. The van der Waals surface area contributed by atoms with Gasteiger partial charge in [-0.25, -0.2) is 0 Å². The van der Waals surface area contributed by atoms with Crippen LogP contribution in [0.2, 0.25) is 0 Å². The average molecular weight is 192 g/mol. The molecule has 0 radical (unpaired) electrons. The molecule has 0 aliphatic carbocycles. The lowest BCUT2D eigenvalue weighted by Gasteiger charge is -2.24. The zero-order valence-electron chi connectivity index (χ0n) is 8.27. The van der Waals surface area contributed by atoms with Gasteiger partial charge in [-0.1, -0.05) is 31.5 Å². The first kappa shape index (κ1) is 10.6. The molecule has 0 aliphatic rings. The van der Waals surface area contributed by atoms with Crippen LogP contribution in [-0.2, 0) is 0 Å². The standard InChI is InChI=1S/C11H15NO2/c1-2-3-9-12(11(13)14)10-7-5-4-6-8-10/h4-8H,2-3,9H2,1H3,(H,13,14)/p-1. The van der Waals surface area contributed by atoms with Crippen LogP contribution in [0.5, 0.6) is 0 Å². The molecule has 0 aromatic heterocycles. The van der Waals surface area contributed by atoms with E-state index >= 15 is 0 Å². The fraction of sp³-hybridized carbons (Fsp3) is 0.364. The number of hydrogen-bond donors (Lipinski definition) is 0. The minimum absolute atomic E-state index is 0.503. The third-order valence-corrected chi connectivity index (χ3v) is 2.02. The molecule has 0 heterocycles. The number of rotatable bonds is 4. The first-order valence-corrected chi connectivity index (χ1v) is 4.79. The highest BCUT2D eigenvalue weighted by molar-refractivity contribution is 5.84. The summed E-state index contributed by atoms with van der Waals surface area (Å²) in [5.41, 5.74) is 0.681. The van der Waals surface area contributed by atoms with E-state index in [9.17, 15) is 9.90 Å². The quantitative estimate of drug-likeness (QED) is 0.727. The molecule has 0 bridgehead atoms. The first-order valence-electron chi connectivity index (χ1n) is 4.79. The largest absolute Gasteiger partial charge is 0.530 e. The number of carboxylic acid groups (broad SMARTS) is 1. The van der Waals surface area contributed by atoms with Crippen LogP contribution < -0.4 is 10.0 Å². The Balaban J connectivity index is 2.73. The van der Waals surface area contributed by atoms with E-state index in [-0.39, 0.29) is 0 Å². The Kier molecular flexibility index (Phi) is 3.98. The SMILES string of the molecule is CCCCN(C(=O)[O-])c1ccccc1. The van der Waals surface area contributed by atoms with E-state index in [4.69, 9.17) is 0 Å². The van der Waals surface area contributed by atoms with Crippen LogP contribution in [0.25, 0.3) is 0 Å². The van der Waals surface area contributed by atoms with Crippen LogP contribution in [0.3, 0.4) is 0 Å². The summed E-state index contributed by atoms with van der Waals surface area (Å²) in [6, 6.07) is 9.03. The van der Waals surface area contributed by atoms with Crippen molar-refractivity contribution in [2.75, 3.05) is 11.4 Å². The molecule has 0 atom stereocenters. The maximum atomic E-state index is 10.8. The van der Waals surface area contributed by atoms with Gasteiger partial charge >= 0.3 is 0 Å². The molecule has 3 nitrogen and oxygen atoms in total. The van der Waals surface area contributed by atoms with Crippen LogP contribution in [0.4, 0.5) is 10.5 Å². The van der Waals surface area contributed by atoms with Crippen LogP contribution in [0, 0.1) is 0 Å². The lowest BCUT2D eigenvalue weighted by atomic mass is 10.2. The number of para-hydroxylation sites is 1. The second-order valence-electron chi connectivity index (χ2n) is 3.11. The fourth-order valence-electron chi connectivity index (χ4n) is 1.25. The summed E-state index contributed by atoms with van der Waals surface area (Å²) >= 11 is 0. The van der Waals surface area contributed by atoms with Crippen molar-refractivity contribution in [2.24, 2.45) is 0 Å². The molecular weight excluding hydrogens is 178 g/mol. The Morgan fingerprint density at radius 2 is 2.00 bits per heavy atom. The van der Waals surface area contributed by atoms with Crippen molar-refractivity contribution in [3.63, 3.8) is 0 Å². The van der Waals surface area contributed by atoms with Gasteiger partial charge in [0, 0.05) is 12.2 Å². The summed E-state index contributed by atoms with van der Waals surface area (Å²) in [6.07, 6.45) is 0.684. The Morgan fingerprint density at radius 3 is 2.50 bits per heavy atom. The molecule has 0 N–H and O–H groups in total. The highest BCUT2D eigenvalue weighted by Gasteiger charge is 2.05. The molecule has 0 aliphatic heterocycles. The number of carbonyl (C=O) groups is 1. The third-order valence-electron chi connectivity index (χ3n) is 2.02. The zero-order valence-corrected chi connectivity index (χ0v) is 8.27. The van der Waals surface area contributed by atoms with Gasteiger partial charge in [0.15, 0.2) is 0 Å². The van der Waals surface area contributed by atoms with E-state index in [0.29, 0.717) is 12.2 Å². The number of hydrogen-bond acceptors (Lipinski definition) is 2. The Bertz CT molecular complexity index is 285. The molecule has 0 saturated carbocycles. The first-order chi connectivity index (χ1) is 6.75. The van der Waals surface area contributed by atoms with Gasteiger partial charge < -0.3 is 14.8 Å². The monoisotopic (exact) mass is 192 g/mol. The van der Waals surface area contributed by atoms with Crippen LogP contribution in [-0.4, -0.2) is 12.6 Å². The number of anilines is 1. The third kappa shape index (κ3) is 2.76. The van der Waals surface area contributed by atoms with Crippen molar-refractivity contribution in [1.29, 1.82) is 0 Å². The molecule has 0 saturated heterocycles. The molecule has 1 amide bonds. The van der Waals surface area contributed by atoms with Gasteiger partial charge in [-0.3, -0.25) is 0 Å². The lowest BCUT2D eigenvalue weighted by Crippen LogP contribution is -2.41. The summed E-state index contributed by atoms with van der Waals surface area (Å²) < 4.78 is 0. The number of unbranched alkanes of at least 4 members (excludes halogenated alkanes) is 1. The van der Waals surface area contributed by atoms with E-state index < -0.39 is 6.09 Å². The van der Waals surface area contributed by atoms with Crippen LogP contribution >= 0.6 is 0 Å². The number of amides is 1. The molecular formula is C11H14NO2-. The van der Waals surface area contributed by atoms with Crippen molar-refractivity contribution in [3.8, 4) is 0 Å². The summed E-state index contributed by atoms with van der Waals surface area (Å²) in [5, 5.41) is 10.8. The molecule has 76 valence electrons. The summed E-state index contributed by atoms with van der Waals surface area (Å²) in [7, 11) is 0. The zero-order chi connectivity index (χ0) is 10.4. The minimum atomic E-state index is -1.13. The second kappa shape index (κ2) is 5.27.